The molecule has 1 aliphatic carbocycles. The number of anilines is 1. The van der Waals surface area contributed by atoms with E-state index in [1.54, 1.807) is 0 Å². The lowest BCUT2D eigenvalue weighted by Gasteiger charge is -2.20. The Hall–Kier alpha value is -2.11. The summed E-state index contributed by atoms with van der Waals surface area (Å²) in [6, 6.07) is 3.99. The first kappa shape index (κ1) is 14.3. The second-order valence-electron chi connectivity index (χ2n) is 5.46. The molecule has 1 fully saturated rings. The third-order valence-corrected chi connectivity index (χ3v) is 4.25. The van der Waals surface area contributed by atoms with Gasteiger partial charge >= 0.3 is 5.97 Å². The maximum atomic E-state index is 11.0. The number of nitro benzene ring substituents is 1. The van der Waals surface area contributed by atoms with Gasteiger partial charge in [-0.3, -0.25) is 10.1 Å². The molecule has 0 aliphatic heterocycles. The van der Waals surface area contributed by atoms with E-state index in [1.165, 1.54) is 18.2 Å². The zero-order valence-electron chi connectivity index (χ0n) is 11.5. The van der Waals surface area contributed by atoms with Crippen molar-refractivity contribution in [3.05, 3.63) is 33.9 Å². The minimum atomic E-state index is -1.09. The number of carboxylic acids is 1. The third kappa shape index (κ3) is 2.74. The van der Waals surface area contributed by atoms with Gasteiger partial charge in [-0.2, -0.15) is 0 Å². The first-order valence-corrected chi connectivity index (χ1v) is 6.68. The van der Waals surface area contributed by atoms with E-state index >= 15 is 0 Å². The second-order valence-corrected chi connectivity index (χ2v) is 5.46. The van der Waals surface area contributed by atoms with E-state index in [9.17, 15) is 14.9 Å². The lowest BCUT2D eigenvalue weighted by Crippen LogP contribution is -2.24. The number of aromatic carboxylic acids is 1. The maximum Gasteiger partial charge on any atom is 0.335 e. The number of nitrogens with one attached hydrogen (secondary N) is 1. The number of carboxylic acid groups (broad SMARTS) is 1. The van der Waals surface area contributed by atoms with E-state index in [2.05, 4.69) is 19.2 Å². The third-order valence-electron chi connectivity index (χ3n) is 4.25. The Morgan fingerprint density at radius 2 is 2.10 bits per heavy atom. The van der Waals surface area contributed by atoms with Gasteiger partial charge in [0.25, 0.3) is 5.69 Å². The van der Waals surface area contributed by atoms with Crippen molar-refractivity contribution in [2.24, 2.45) is 11.8 Å². The molecule has 3 atom stereocenters. The van der Waals surface area contributed by atoms with Crippen LogP contribution in [0, 0.1) is 22.0 Å². The average Bonchev–Trinajstić information content (AvgIpc) is 2.70. The Morgan fingerprint density at radius 3 is 2.60 bits per heavy atom. The molecule has 1 aromatic rings. The molecule has 0 aromatic heterocycles. The largest absolute Gasteiger partial charge is 0.478 e. The summed E-state index contributed by atoms with van der Waals surface area (Å²) in [5.41, 5.74) is 0.263. The van der Waals surface area contributed by atoms with Crippen molar-refractivity contribution >= 4 is 17.3 Å². The highest BCUT2D eigenvalue weighted by Crippen LogP contribution is 2.35. The highest BCUT2D eigenvalue weighted by Gasteiger charge is 2.31. The molecule has 1 aliphatic rings. The van der Waals surface area contributed by atoms with Crippen LogP contribution in [0.5, 0.6) is 0 Å². The fraction of sp³-hybridized carbons (Fsp3) is 0.500. The molecule has 1 aromatic carbocycles. The molecule has 2 N–H and O–H groups in total. The van der Waals surface area contributed by atoms with E-state index in [-0.39, 0.29) is 17.3 Å². The van der Waals surface area contributed by atoms with Crippen molar-refractivity contribution < 1.29 is 14.8 Å². The van der Waals surface area contributed by atoms with Gasteiger partial charge in [0.05, 0.1) is 10.5 Å². The molecule has 1 saturated carbocycles. The quantitative estimate of drug-likeness (QED) is 0.652. The van der Waals surface area contributed by atoms with Crippen LogP contribution in [0.1, 0.15) is 37.0 Å². The summed E-state index contributed by atoms with van der Waals surface area (Å²) in [6.07, 6.45) is 2.02. The van der Waals surface area contributed by atoms with Gasteiger partial charge in [0, 0.05) is 12.1 Å². The van der Waals surface area contributed by atoms with Crippen LogP contribution in [0.2, 0.25) is 0 Å². The van der Waals surface area contributed by atoms with Crippen molar-refractivity contribution in [2.45, 2.75) is 32.7 Å². The Bertz CT molecular complexity index is 544. The molecule has 0 saturated heterocycles. The van der Waals surface area contributed by atoms with Crippen molar-refractivity contribution in [2.75, 3.05) is 5.32 Å². The Kier molecular flexibility index (Phi) is 3.92. The van der Waals surface area contributed by atoms with Gasteiger partial charge in [0.15, 0.2) is 0 Å². The molecule has 6 nitrogen and oxygen atoms in total. The topological polar surface area (TPSA) is 92.5 Å². The smallest absolute Gasteiger partial charge is 0.335 e. The van der Waals surface area contributed by atoms with E-state index in [1.807, 2.05) is 0 Å². The molecule has 0 spiro atoms. The summed E-state index contributed by atoms with van der Waals surface area (Å²) < 4.78 is 0. The number of benzene rings is 1. The molecular weight excluding hydrogens is 260 g/mol. The fourth-order valence-electron chi connectivity index (χ4n) is 2.71. The highest BCUT2D eigenvalue weighted by atomic mass is 16.6. The van der Waals surface area contributed by atoms with Crippen LogP contribution in [0.3, 0.4) is 0 Å². The number of hydrogen-bond acceptors (Lipinski definition) is 4. The number of nitrogens with zero attached hydrogens (tertiary/aromatic N) is 1. The number of hydrogen-bond donors (Lipinski definition) is 2. The highest BCUT2D eigenvalue weighted by molar-refractivity contribution is 5.90. The Balaban J connectivity index is 2.30. The minimum absolute atomic E-state index is 0.0526. The van der Waals surface area contributed by atoms with Crippen LogP contribution in [-0.4, -0.2) is 22.0 Å². The first-order chi connectivity index (χ1) is 9.40. The predicted molar refractivity (Wildman–Crippen MR) is 75.0 cm³/mol. The first-order valence-electron chi connectivity index (χ1n) is 6.68. The molecule has 20 heavy (non-hydrogen) atoms. The van der Waals surface area contributed by atoms with Crippen LogP contribution in [0.25, 0.3) is 0 Å². The van der Waals surface area contributed by atoms with E-state index in [0.717, 1.165) is 12.8 Å². The van der Waals surface area contributed by atoms with E-state index < -0.39 is 10.9 Å². The lowest BCUT2D eigenvalue weighted by molar-refractivity contribution is -0.384. The van der Waals surface area contributed by atoms with E-state index in [4.69, 9.17) is 5.11 Å². The van der Waals surface area contributed by atoms with Crippen LogP contribution in [0.15, 0.2) is 18.2 Å². The van der Waals surface area contributed by atoms with Gasteiger partial charge in [0.2, 0.25) is 0 Å². The molecular formula is C14H18N2O4. The van der Waals surface area contributed by atoms with Crippen LogP contribution in [0.4, 0.5) is 11.4 Å². The van der Waals surface area contributed by atoms with Gasteiger partial charge in [-0.1, -0.05) is 13.8 Å². The van der Waals surface area contributed by atoms with E-state index in [0.29, 0.717) is 17.5 Å². The van der Waals surface area contributed by atoms with Crippen molar-refractivity contribution in [1.29, 1.82) is 0 Å². The SMILES string of the molecule is CC1CCC(Nc2cc(C(=O)O)ccc2[N+](=O)[O-])C1C. The number of rotatable bonds is 4. The van der Waals surface area contributed by atoms with Crippen LogP contribution in [-0.2, 0) is 0 Å². The summed E-state index contributed by atoms with van der Waals surface area (Å²) >= 11 is 0. The van der Waals surface area contributed by atoms with Gasteiger partial charge < -0.3 is 10.4 Å². The lowest BCUT2D eigenvalue weighted by atomic mass is 9.97. The number of nitro groups is 1. The minimum Gasteiger partial charge on any atom is -0.478 e. The molecule has 0 bridgehead atoms. The van der Waals surface area contributed by atoms with Crippen LogP contribution >= 0.6 is 0 Å². The molecule has 0 heterocycles. The maximum absolute atomic E-state index is 11.0. The molecule has 2 rings (SSSR count). The zero-order chi connectivity index (χ0) is 14.9. The Morgan fingerprint density at radius 1 is 1.40 bits per heavy atom. The van der Waals surface area contributed by atoms with Gasteiger partial charge in [-0.05, 0) is 36.8 Å². The van der Waals surface area contributed by atoms with Gasteiger partial charge in [-0.15, -0.1) is 0 Å². The predicted octanol–water partition coefficient (Wildman–Crippen LogP) is 3.14. The Labute approximate surface area is 117 Å². The molecule has 108 valence electrons. The van der Waals surface area contributed by atoms with Gasteiger partial charge in [-0.25, -0.2) is 4.79 Å². The number of carbonyl (C=O) groups is 1. The molecule has 0 radical (unpaired) electrons. The zero-order valence-corrected chi connectivity index (χ0v) is 11.5. The second kappa shape index (κ2) is 5.48. The molecule has 3 unspecified atom stereocenters. The van der Waals surface area contributed by atoms with Gasteiger partial charge in [0.1, 0.15) is 5.69 Å². The van der Waals surface area contributed by atoms with Crippen molar-refractivity contribution in [3.8, 4) is 0 Å². The fourth-order valence-corrected chi connectivity index (χ4v) is 2.71. The standard InChI is InChI=1S/C14H18N2O4/c1-8-3-5-11(9(8)2)15-12-7-10(14(17)18)4-6-13(12)16(19)20/h4,6-9,11,15H,3,5H2,1-2H3,(H,17,18). The summed E-state index contributed by atoms with van der Waals surface area (Å²) in [5, 5.41) is 23.2. The van der Waals surface area contributed by atoms with Crippen molar-refractivity contribution in [1.82, 2.24) is 0 Å². The summed E-state index contributed by atoms with van der Waals surface area (Å²) in [4.78, 5) is 21.5. The van der Waals surface area contributed by atoms with Crippen LogP contribution < -0.4 is 5.32 Å². The monoisotopic (exact) mass is 278 g/mol. The molecule has 0 amide bonds. The normalized spacial score (nSPS) is 25.4. The summed E-state index contributed by atoms with van der Waals surface area (Å²) in [6.45, 7) is 4.27. The molecule has 6 heteroatoms. The summed E-state index contributed by atoms with van der Waals surface area (Å²) in [7, 11) is 0. The summed E-state index contributed by atoms with van der Waals surface area (Å²) in [5.74, 6) is -0.118. The van der Waals surface area contributed by atoms with Crippen molar-refractivity contribution in [3.63, 3.8) is 0 Å². The average molecular weight is 278 g/mol.